The van der Waals surface area contributed by atoms with E-state index in [9.17, 15) is 0 Å². The molecular formula is C16H13I. The van der Waals surface area contributed by atoms with Crippen LogP contribution in [0.3, 0.4) is 0 Å². The summed E-state index contributed by atoms with van der Waals surface area (Å²) in [6.07, 6.45) is 1.08. The molecule has 0 radical (unpaired) electrons. The number of aryl methyl sites for hydroxylation is 1. The zero-order valence-corrected chi connectivity index (χ0v) is 11.9. The fraction of sp³-hybridized carbons (Fsp3) is 0.125. The predicted octanol–water partition coefficient (Wildman–Crippen LogP) is 5.16. The molecule has 0 aliphatic heterocycles. The van der Waals surface area contributed by atoms with E-state index in [1.165, 1.54) is 30.7 Å². The molecule has 0 unspecified atom stereocenters. The van der Waals surface area contributed by atoms with E-state index in [1.54, 1.807) is 0 Å². The van der Waals surface area contributed by atoms with Crippen LogP contribution in [0.1, 0.15) is 12.5 Å². The third kappa shape index (κ3) is 1.73. The summed E-state index contributed by atoms with van der Waals surface area (Å²) in [5.41, 5.74) is 1.47. The van der Waals surface area contributed by atoms with Crippen LogP contribution in [-0.4, -0.2) is 0 Å². The minimum atomic E-state index is 1.08. The van der Waals surface area contributed by atoms with Gasteiger partial charge in [-0.2, -0.15) is 0 Å². The van der Waals surface area contributed by atoms with Crippen molar-refractivity contribution in [3.63, 3.8) is 0 Å². The summed E-state index contributed by atoms with van der Waals surface area (Å²) in [5, 5.41) is 5.52. The van der Waals surface area contributed by atoms with Gasteiger partial charge in [-0.25, -0.2) is 0 Å². The Labute approximate surface area is 115 Å². The molecule has 0 nitrogen and oxygen atoms in total. The Morgan fingerprint density at radius 1 is 0.882 bits per heavy atom. The molecule has 0 amide bonds. The summed E-state index contributed by atoms with van der Waals surface area (Å²) < 4.78 is 1.33. The standard InChI is InChI=1S/C16H13I/c1-2-12-13-7-4-3-6-11(13)10-15-14(12)8-5-9-16(15)17/h3-10H,2H2,1H3. The molecule has 0 atom stereocenters. The molecule has 0 saturated carbocycles. The fourth-order valence-corrected chi connectivity index (χ4v) is 3.18. The van der Waals surface area contributed by atoms with E-state index in [0.29, 0.717) is 0 Å². The van der Waals surface area contributed by atoms with E-state index < -0.39 is 0 Å². The maximum absolute atomic E-state index is 2.42. The van der Waals surface area contributed by atoms with Crippen molar-refractivity contribution in [1.29, 1.82) is 0 Å². The Morgan fingerprint density at radius 2 is 1.65 bits per heavy atom. The molecule has 0 aliphatic carbocycles. The first-order chi connectivity index (χ1) is 8.31. The summed E-state index contributed by atoms with van der Waals surface area (Å²) >= 11 is 2.42. The molecule has 0 bridgehead atoms. The SMILES string of the molecule is CCc1c2ccccc2cc2c(I)cccc12. The summed E-state index contributed by atoms with van der Waals surface area (Å²) in [4.78, 5) is 0. The molecule has 17 heavy (non-hydrogen) atoms. The van der Waals surface area contributed by atoms with E-state index in [4.69, 9.17) is 0 Å². The number of hydrogen-bond acceptors (Lipinski definition) is 0. The number of rotatable bonds is 1. The molecule has 0 spiro atoms. The van der Waals surface area contributed by atoms with Crippen LogP contribution >= 0.6 is 22.6 Å². The molecular weight excluding hydrogens is 319 g/mol. The van der Waals surface area contributed by atoms with Crippen LogP contribution in [0.5, 0.6) is 0 Å². The van der Waals surface area contributed by atoms with Crippen molar-refractivity contribution in [2.45, 2.75) is 13.3 Å². The third-order valence-electron chi connectivity index (χ3n) is 3.32. The van der Waals surface area contributed by atoms with E-state index in [-0.39, 0.29) is 0 Å². The van der Waals surface area contributed by atoms with Crippen molar-refractivity contribution in [2.75, 3.05) is 0 Å². The summed E-state index contributed by atoms with van der Waals surface area (Å²) in [5.74, 6) is 0. The first kappa shape index (κ1) is 11.0. The molecule has 0 N–H and O–H groups in total. The van der Waals surface area contributed by atoms with E-state index in [1.807, 2.05) is 0 Å². The highest BCUT2D eigenvalue weighted by Crippen LogP contribution is 2.31. The normalized spacial score (nSPS) is 11.2. The lowest BCUT2D eigenvalue weighted by molar-refractivity contribution is 1.18. The van der Waals surface area contributed by atoms with Gasteiger partial charge in [0.2, 0.25) is 0 Å². The smallest absolute Gasteiger partial charge is 0.0209 e. The quantitative estimate of drug-likeness (QED) is 0.426. The third-order valence-corrected chi connectivity index (χ3v) is 4.26. The Bertz CT molecular complexity index is 698. The Kier molecular flexibility index (Phi) is 2.79. The lowest BCUT2D eigenvalue weighted by atomic mass is 9.95. The Morgan fingerprint density at radius 3 is 2.47 bits per heavy atom. The van der Waals surface area contributed by atoms with Crippen LogP contribution in [0.25, 0.3) is 21.5 Å². The summed E-state index contributed by atoms with van der Waals surface area (Å²) in [6, 6.07) is 17.6. The molecule has 0 saturated heterocycles. The molecule has 3 aromatic carbocycles. The van der Waals surface area contributed by atoms with Gasteiger partial charge >= 0.3 is 0 Å². The largest absolute Gasteiger partial charge is 0.0616 e. The summed E-state index contributed by atoms with van der Waals surface area (Å²) in [7, 11) is 0. The Balaban J connectivity index is 2.58. The van der Waals surface area contributed by atoms with Gasteiger partial charge in [-0.3, -0.25) is 0 Å². The van der Waals surface area contributed by atoms with Crippen LogP contribution in [0, 0.1) is 3.57 Å². The molecule has 0 aliphatic rings. The van der Waals surface area contributed by atoms with Crippen molar-refractivity contribution in [3.8, 4) is 0 Å². The molecule has 84 valence electrons. The van der Waals surface area contributed by atoms with Gasteiger partial charge in [0, 0.05) is 3.57 Å². The highest BCUT2D eigenvalue weighted by atomic mass is 127. The van der Waals surface area contributed by atoms with Crippen LogP contribution in [0.15, 0.2) is 48.5 Å². The topological polar surface area (TPSA) is 0 Å². The highest BCUT2D eigenvalue weighted by Gasteiger charge is 2.07. The van der Waals surface area contributed by atoms with Crippen LogP contribution in [0.2, 0.25) is 0 Å². The van der Waals surface area contributed by atoms with Crippen LogP contribution < -0.4 is 0 Å². The Hall–Kier alpha value is -1.09. The lowest BCUT2D eigenvalue weighted by Crippen LogP contribution is -1.88. The number of hydrogen-bond donors (Lipinski definition) is 0. The van der Waals surface area contributed by atoms with Crippen LogP contribution in [-0.2, 0) is 6.42 Å². The van der Waals surface area contributed by atoms with Gasteiger partial charge in [0.15, 0.2) is 0 Å². The molecule has 0 aromatic heterocycles. The lowest BCUT2D eigenvalue weighted by Gasteiger charge is -2.10. The van der Waals surface area contributed by atoms with Crippen molar-refractivity contribution >= 4 is 44.1 Å². The van der Waals surface area contributed by atoms with E-state index >= 15 is 0 Å². The second-order valence-corrected chi connectivity index (χ2v) is 5.43. The average molecular weight is 332 g/mol. The first-order valence-electron chi connectivity index (χ1n) is 5.90. The zero-order chi connectivity index (χ0) is 11.8. The van der Waals surface area contributed by atoms with Crippen LogP contribution in [0.4, 0.5) is 0 Å². The molecule has 3 rings (SSSR count). The molecule has 1 heteroatoms. The van der Waals surface area contributed by atoms with Gasteiger partial charge in [-0.15, -0.1) is 0 Å². The second-order valence-electron chi connectivity index (χ2n) is 4.26. The average Bonchev–Trinajstić information content (AvgIpc) is 2.37. The van der Waals surface area contributed by atoms with Crippen molar-refractivity contribution in [3.05, 3.63) is 57.7 Å². The van der Waals surface area contributed by atoms with Crippen molar-refractivity contribution < 1.29 is 0 Å². The monoisotopic (exact) mass is 332 g/mol. The maximum Gasteiger partial charge on any atom is 0.0209 e. The number of benzene rings is 3. The van der Waals surface area contributed by atoms with Gasteiger partial charge in [0.05, 0.1) is 0 Å². The molecule has 0 heterocycles. The van der Waals surface area contributed by atoms with Crippen molar-refractivity contribution in [2.24, 2.45) is 0 Å². The minimum Gasteiger partial charge on any atom is -0.0616 e. The van der Waals surface area contributed by atoms with Gasteiger partial charge in [0.25, 0.3) is 0 Å². The molecule has 3 aromatic rings. The number of fused-ring (bicyclic) bond motifs is 2. The van der Waals surface area contributed by atoms with E-state index in [0.717, 1.165) is 6.42 Å². The summed E-state index contributed by atoms with van der Waals surface area (Å²) in [6.45, 7) is 2.24. The van der Waals surface area contributed by atoms with Gasteiger partial charge in [-0.1, -0.05) is 43.3 Å². The second kappa shape index (κ2) is 4.30. The maximum atomic E-state index is 2.42. The highest BCUT2D eigenvalue weighted by molar-refractivity contribution is 14.1. The van der Waals surface area contributed by atoms with Crippen molar-refractivity contribution in [1.82, 2.24) is 0 Å². The number of halogens is 1. The molecule has 0 fully saturated rings. The first-order valence-corrected chi connectivity index (χ1v) is 6.98. The van der Waals surface area contributed by atoms with Gasteiger partial charge in [-0.05, 0) is 68.3 Å². The van der Waals surface area contributed by atoms with Gasteiger partial charge < -0.3 is 0 Å². The van der Waals surface area contributed by atoms with E-state index in [2.05, 4.69) is 78.0 Å². The minimum absolute atomic E-state index is 1.08. The fourth-order valence-electron chi connectivity index (χ4n) is 2.53. The zero-order valence-electron chi connectivity index (χ0n) is 9.70. The van der Waals surface area contributed by atoms with Gasteiger partial charge in [0.1, 0.15) is 0 Å². The predicted molar refractivity (Wildman–Crippen MR) is 83.5 cm³/mol.